The summed E-state index contributed by atoms with van der Waals surface area (Å²) < 4.78 is 0. The van der Waals surface area contributed by atoms with E-state index in [1.54, 1.807) is 0 Å². The van der Waals surface area contributed by atoms with E-state index in [1.165, 1.54) is 37.7 Å². The van der Waals surface area contributed by atoms with Crippen molar-refractivity contribution >= 4 is 28.3 Å². The molecule has 0 bridgehead atoms. The number of aromatic amines is 1. The lowest BCUT2D eigenvalue weighted by atomic mass is 9.87. The van der Waals surface area contributed by atoms with Crippen molar-refractivity contribution in [3.63, 3.8) is 0 Å². The summed E-state index contributed by atoms with van der Waals surface area (Å²) >= 11 is 0. The molecule has 5 nitrogen and oxygen atoms in total. The van der Waals surface area contributed by atoms with Crippen LogP contribution in [0.25, 0.3) is 11.0 Å². The molecule has 1 saturated carbocycles. The normalized spacial score (nSPS) is 15.3. The van der Waals surface area contributed by atoms with Gasteiger partial charge >= 0.3 is 0 Å². The standard InChI is InChI=1S/C25H32N4O/c1-25(2,3)18-12-10-17(11-13-18)24(30)29-20-15-22-21(14-19(20)26-4)27-23(28-22)16-8-6-5-7-9-16/h10-16,26H,5-9H2,1-4H3,(H,27,28)(H,29,30). The number of carbonyl (C=O) groups excluding carboxylic acids is 1. The lowest BCUT2D eigenvalue weighted by molar-refractivity contribution is 0.102. The van der Waals surface area contributed by atoms with Crippen molar-refractivity contribution in [1.82, 2.24) is 9.97 Å². The average Bonchev–Trinajstić information content (AvgIpc) is 3.16. The number of benzene rings is 2. The Hall–Kier alpha value is -2.82. The van der Waals surface area contributed by atoms with Crippen LogP contribution in [0.3, 0.4) is 0 Å². The van der Waals surface area contributed by atoms with E-state index in [1.807, 2.05) is 43.4 Å². The highest BCUT2D eigenvalue weighted by atomic mass is 16.1. The number of H-pyrrole nitrogens is 1. The van der Waals surface area contributed by atoms with Gasteiger partial charge < -0.3 is 15.6 Å². The highest BCUT2D eigenvalue weighted by Gasteiger charge is 2.20. The molecule has 0 saturated heterocycles. The van der Waals surface area contributed by atoms with E-state index in [9.17, 15) is 4.79 Å². The van der Waals surface area contributed by atoms with E-state index in [-0.39, 0.29) is 11.3 Å². The van der Waals surface area contributed by atoms with Gasteiger partial charge in [0.1, 0.15) is 5.82 Å². The molecule has 1 aliphatic carbocycles. The molecule has 0 spiro atoms. The molecule has 0 aliphatic heterocycles. The number of nitrogens with zero attached hydrogens (tertiary/aromatic N) is 1. The molecule has 30 heavy (non-hydrogen) atoms. The smallest absolute Gasteiger partial charge is 0.255 e. The molecular formula is C25H32N4O. The number of nitrogens with one attached hydrogen (secondary N) is 3. The van der Waals surface area contributed by atoms with Crippen LogP contribution in [0.4, 0.5) is 11.4 Å². The number of carbonyl (C=O) groups is 1. The van der Waals surface area contributed by atoms with Crippen LogP contribution in [-0.2, 0) is 5.41 Å². The molecule has 5 heteroatoms. The molecule has 3 aromatic rings. The zero-order valence-electron chi connectivity index (χ0n) is 18.4. The fourth-order valence-corrected chi connectivity index (χ4v) is 4.27. The molecule has 1 aromatic heterocycles. The Morgan fingerprint density at radius 1 is 1.03 bits per heavy atom. The van der Waals surface area contributed by atoms with Gasteiger partial charge in [0.25, 0.3) is 5.91 Å². The number of amides is 1. The Morgan fingerprint density at radius 2 is 1.73 bits per heavy atom. The van der Waals surface area contributed by atoms with Crippen LogP contribution in [0.5, 0.6) is 0 Å². The van der Waals surface area contributed by atoms with Crippen molar-refractivity contribution in [2.24, 2.45) is 0 Å². The van der Waals surface area contributed by atoms with Gasteiger partial charge in [-0.25, -0.2) is 4.98 Å². The van der Waals surface area contributed by atoms with Crippen LogP contribution in [-0.4, -0.2) is 22.9 Å². The molecule has 0 atom stereocenters. The Kier molecular flexibility index (Phi) is 5.54. The summed E-state index contributed by atoms with van der Waals surface area (Å²) in [5, 5.41) is 6.26. The SMILES string of the molecule is CNc1cc2nc(C3CCCCC3)[nH]c2cc1NC(=O)c1ccc(C(C)(C)C)cc1. The van der Waals surface area contributed by atoms with Crippen LogP contribution in [0.1, 0.15) is 80.5 Å². The van der Waals surface area contributed by atoms with Crippen molar-refractivity contribution in [2.45, 2.75) is 64.2 Å². The van der Waals surface area contributed by atoms with Crippen LogP contribution in [0, 0.1) is 0 Å². The van der Waals surface area contributed by atoms with E-state index in [0.717, 1.165) is 28.2 Å². The number of rotatable bonds is 4. The van der Waals surface area contributed by atoms with Gasteiger partial charge in [-0.1, -0.05) is 52.2 Å². The minimum absolute atomic E-state index is 0.0655. The zero-order chi connectivity index (χ0) is 21.3. The predicted molar refractivity (Wildman–Crippen MR) is 125 cm³/mol. The second kappa shape index (κ2) is 8.13. The van der Waals surface area contributed by atoms with E-state index >= 15 is 0 Å². The Bertz CT molecular complexity index is 1040. The minimum atomic E-state index is -0.113. The first-order valence-corrected chi connectivity index (χ1v) is 11.0. The number of hydrogen-bond acceptors (Lipinski definition) is 3. The first-order valence-electron chi connectivity index (χ1n) is 11.0. The van der Waals surface area contributed by atoms with Gasteiger partial charge in [0.2, 0.25) is 0 Å². The first kappa shape index (κ1) is 20.5. The third-order valence-corrected chi connectivity index (χ3v) is 6.16. The second-order valence-corrected chi connectivity index (χ2v) is 9.40. The molecule has 1 fully saturated rings. The van der Waals surface area contributed by atoms with Crippen molar-refractivity contribution < 1.29 is 4.79 Å². The van der Waals surface area contributed by atoms with Gasteiger partial charge in [-0.15, -0.1) is 0 Å². The summed E-state index contributed by atoms with van der Waals surface area (Å²) in [6.07, 6.45) is 6.28. The van der Waals surface area contributed by atoms with E-state index in [2.05, 4.69) is 36.4 Å². The van der Waals surface area contributed by atoms with E-state index in [0.29, 0.717) is 11.5 Å². The summed E-state index contributed by atoms with van der Waals surface area (Å²) in [5.74, 6) is 1.48. The Balaban J connectivity index is 1.58. The molecule has 0 unspecified atom stereocenters. The third-order valence-electron chi connectivity index (χ3n) is 6.16. The molecule has 1 aliphatic rings. The second-order valence-electron chi connectivity index (χ2n) is 9.40. The molecule has 158 valence electrons. The van der Waals surface area contributed by atoms with Gasteiger partial charge in [0.15, 0.2) is 0 Å². The summed E-state index contributed by atoms with van der Waals surface area (Å²) in [5.41, 5.74) is 5.45. The van der Waals surface area contributed by atoms with Gasteiger partial charge in [-0.3, -0.25) is 4.79 Å². The predicted octanol–water partition coefficient (Wildman–Crippen LogP) is 6.20. The summed E-state index contributed by atoms with van der Waals surface area (Å²) in [6.45, 7) is 6.51. The van der Waals surface area contributed by atoms with Crippen molar-refractivity contribution in [3.05, 3.63) is 53.3 Å². The van der Waals surface area contributed by atoms with E-state index < -0.39 is 0 Å². The maximum atomic E-state index is 12.9. The number of hydrogen-bond donors (Lipinski definition) is 3. The molecule has 2 aromatic carbocycles. The lowest BCUT2D eigenvalue weighted by Gasteiger charge is -2.19. The topological polar surface area (TPSA) is 69.8 Å². The fraction of sp³-hybridized carbons (Fsp3) is 0.440. The summed E-state index contributed by atoms with van der Waals surface area (Å²) in [4.78, 5) is 21.2. The van der Waals surface area contributed by atoms with Crippen molar-refractivity contribution in [2.75, 3.05) is 17.7 Å². The maximum Gasteiger partial charge on any atom is 0.255 e. The molecule has 1 heterocycles. The molecular weight excluding hydrogens is 372 g/mol. The maximum absolute atomic E-state index is 12.9. The van der Waals surface area contributed by atoms with Crippen LogP contribution < -0.4 is 10.6 Å². The Morgan fingerprint density at radius 3 is 2.37 bits per heavy atom. The van der Waals surface area contributed by atoms with Gasteiger partial charge in [0, 0.05) is 18.5 Å². The number of fused-ring (bicyclic) bond motifs is 1. The molecule has 4 rings (SSSR count). The van der Waals surface area contributed by atoms with Crippen LogP contribution >= 0.6 is 0 Å². The average molecular weight is 405 g/mol. The number of imidazole rings is 1. The largest absolute Gasteiger partial charge is 0.386 e. The summed E-state index contributed by atoms with van der Waals surface area (Å²) in [7, 11) is 1.86. The molecule has 3 N–H and O–H groups in total. The van der Waals surface area contributed by atoms with Crippen molar-refractivity contribution in [3.8, 4) is 0 Å². The van der Waals surface area contributed by atoms with Gasteiger partial charge in [-0.05, 0) is 48.1 Å². The summed E-state index contributed by atoms with van der Waals surface area (Å²) in [6, 6.07) is 11.8. The quantitative estimate of drug-likeness (QED) is 0.485. The van der Waals surface area contributed by atoms with Crippen LogP contribution in [0.2, 0.25) is 0 Å². The number of anilines is 2. The highest BCUT2D eigenvalue weighted by molar-refractivity contribution is 6.07. The minimum Gasteiger partial charge on any atom is -0.386 e. The van der Waals surface area contributed by atoms with Gasteiger partial charge in [0.05, 0.1) is 22.4 Å². The molecule has 1 amide bonds. The monoisotopic (exact) mass is 404 g/mol. The fourth-order valence-electron chi connectivity index (χ4n) is 4.27. The number of aromatic nitrogens is 2. The van der Waals surface area contributed by atoms with Crippen molar-refractivity contribution in [1.29, 1.82) is 0 Å². The third kappa shape index (κ3) is 4.20. The van der Waals surface area contributed by atoms with Crippen LogP contribution in [0.15, 0.2) is 36.4 Å². The molecule has 0 radical (unpaired) electrons. The van der Waals surface area contributed by atoms with E-state index in [4.69, 9.17) is 4.98 Å². The Labute approximate surface area is 178 Å². The first-order chi connectivity index (χ1) is 14.3. The highest BCUT2D eigenvalue weighted by Crippen LogP contribution is 2.34. The zero-order valence-corrected chi connectivity index (χ0v) is 18.4. The van der Waals surface area contributed by atoms with Gasteiger partial charge in [-0.2, -0.15) is 0 Å². The lowest BCUT2D eigenvalue weighted by Crippen LogP contribution is -2.15.